The van der Waals surface area contributed by atoms with Gasteiger partial charge in [-0.05, 0) is 53.9 Å². The Labute approximate surface area is 197 Å². The van der Waals surface area contributed by atoms with Crippen LogP contribution in [-0.4, -0.2) is 39.7 Å². The largest absolute Gasteiger partial charge is 0.411 e. The number of aliphatic hydroxyl groups is 1. The number of carbonyl (C=O) groups excluding carboxylic acids is 1. The van der Waals surface area contributed by atoms with Crippen molar-refractivity contribution in [1.29, 1.82) is 0 Å². The molecule has 0 saturated carbocycles. The lowest BCUT2D eigenvalue weighted by Gasteiger charge is -2.21. The van der Waals surface area contributed by atoms with Gasteiger partial charge >= 0.3 is 0 Å². The number of benzene rings is 2. The number of pyridine rings is 1. The first-order valence-corrected chi connectivity index (χ1v) is 10.8. The maximum Gasteiger partial charge on any atom is 0.251 e. The maximum atomic E-state index is 12.2. The third-order valence-electron chi connectivity index (χ3n) is 5.52. The van der Waals surface area contributed by atoms with Gasteiger partial charge in [0.25, 0.3) is 5.91 Å². The molecule has 2 aromatic carbocycles. The van der Waals surface area contributed by atoms with Crippen LogP contribution in [0.25, 0.3) is 0 Å². The molecule has 0 fully saturated rings. The van der Waals surface area contributed by atoms with E-state index in [1.807, 2.05) is 37.3 Å². The van der Waals surface area contributed by atoms with E-state index in [4.69, 9.17) is 16.7 Å². The van der Waals surface area contributed by atoms with Gasteiger partial charge < -0.3 is 20.2 Å². The van der Waals surface area contributed by atoms with Gasteiger partial charge in [-0.2, -0.15) is 0 Å². The number of rotatable bonds is 8. The monoisotopic (exact) mass is 467 g/mol. The van der Waals surface area contributed by atoms with Gasteiger partial charge in [0.05, 0.1) is 12.3 Å². The van der Waals surface area contributed by atoms with Crippen molar-refractivity contribution < 1.29 is 15.1 Å². The zero-order valence-electron chi connectivity index (χ0n) is 18.5. The van der Waals surface area contributed by atoms with Gasteiger partial charge in [0, 0.05) is 54.3 Å². The Morgan fingerprint density at radius 2 is 1.82 bits per heavy atom. The van der Waals surface area contributed by atoms with Gasteiger partial charge in [-0.3, -0.25) is 9.59 Å². The van der Waals surface area contributed by atoms with Gasteiger partial charge in [-0.25, -0.2) is 0 Å². The molecule has 0 saturated heterocycles. The SMILES string of the molecule is Cc1cc(Cl)ccc1C(C/C(=N/O)c1ccc(=O)n(C)c1)c1ccc(C(=O)NCCO)cc1. The summed E-state index contributed by atoms with van der Waals surface area (Å²) in [7, 11) is 1.64. The van der Waals surface area contributed by atoms with Crippen LogP contribution in [-0.2, 0) is 7.05 Å². The molecule has 3 N–H and O–H groups in total. The molecule has 0 aliphatic carbocycles. The van der Waals surface area contributed by atoms with Crippen molar-refractivity contribution in [2.75, 3.05) is 13.2 Å². The average Bonchev–Trinajstić information content (AvgIpc) is 2.81. The van der Waals surface area contributed by atoms with E-state index in [1.165, 1.54) is 10.6 Å². The topological polar surface area (TPSA) is 104 Å². The standard InChI is InChI=1S/C25H26ClN3O4/c1-16-13-20(26)8-9-21(16)22(14-23(28-33)19-7-10-24(31)29(2)15-19)17-3-5-18(6-4-17)25(32)27-11-12-30/h3-10,13,15,22,30,33H,11-12,14H2,1-2H3,(H,27,32)/b28-23-. The predicted molar refractivity (Wildman–Crippen MR) is 129 cm³/mol. The van der Waals surface area contributed by atoms with Crippen LogP contribution in [0, 0.1) is 6.92 Å². The molecule has 8 heteroatoms. The van der Waals surface area contributed by atoms with E-state index in [1.54, 1.807) is 31.4 Å². The van der Waals surface area contributed by atoms with Gasteiger partial charge in [0.2, 0.25) is 5.56 Å². The Morgan fingerprint density at radius 1 is 1.12 bits per heavy atom. The van der Waals surface area contributed by atoms with Crippen molar-refractivity contribution in [2.24, 2.45) is 12.2 Å². The van der Waals surface area contributed by atoms with E-state index >= 15 is 0 Å². The molecular formula is C25H26ClN3O4. The predicted octanol–water partition coefficient (Wildman–Crippen LogP) is 3.47. The molecule has 3 aromatic rings. The molecule has 33 heavy (non-hydrogen) atoms. The lowest BCUT2D eigenvalue weighted by molar-refractivity contribution is 0.0944. The minimum absolute atomic E-state index is 0.129. The molecule has 0 aliphatic rings. The molecule has 172 valence electrons. The van der Waals surface area contributed by atoms with Gasteiger partial charge in [0.15, 0.2) is 0 Å². The van der Waals surface area contributed by atoms with E-state index in [0.717, 1.165) is 16.7 Å². The second-order valence-corrected chi connectivity index (χ2v) is 8.21. The van der Waals surface area contributed by atoms with Crippen LogP contribution in [0.1, 0.15) is 45.0 Å². The third kappa shape index (κ3) is 5.88. The van der Waals surface area contributed by atoms with E-state index in [9.17, 15) is 14.8 Å². The molecule has 1 unspecified atom stereocenters. The number of oxime groups is 1. The summed E-state index contributed by atoms with van der Waals surface area (Å²) >= 11 is 6.17. The third-order valence-corrected chi connectivity index (χ3v) is 5.75. The molecule has 7 nitrogen and oxygen atoms in total. The quantitative estimate of drug-likeness (QED) is 0.268. The zero-order chi connectivity index (χ0) is 24.0. The highest BCUT2D eigenvalue weighted by Gasteiger charge is 2.21. The first-order chi connectivity index (χ1) is 15.8. The first kappa shape index (κ1) is 24.2. The lowest BCUT2D eigenvalue weighted by atomic mass is 9.83. The summed E-state index contributed by atoms with van der Waals surface area (Å²) in [6, 6.07) is 15.9. The van der Waals surface area contributed by atoms with Crippen LogP contribution < -0.4 is 10.9 Å². The van der Waals surface area contributed by atoms with Gasteiger partial charge in [-0.1, -0.05) is 35.0 Å². The smallest absolute Gasteiger partial charge is 0.251 e. The van der Waals surface area contributed by atoms with Crippen LogP contribution in [0.4, 0.5) is 0 Å². The van der Waals surface area contributed by atoms with Crippen LogP contribution in [0.5, 0.6) is 0 Å². The maximum absolute atomic E-state index is 12.2. The van der Waals surface area contributed by atoms with Crippen molar-refractivity contribution in [3.8, 4) is 0 Å². The molecule has 1 aromatic heterocycles. The summed E-state index contributed by atoms with van der Waals surface area (Å²) in [5.41, 5.74) is 4.29. The summed E-state index contributed by atoms with van der Waals surface area (Å²) in [5, 5.41) is 25.5. The molecule has 1 heterocycles. The molecule has 3 rings (SSSR count). The Balaban J connectivity index is 2.00. The summed E-state index contributed by atoms with van der Waals surface area (Å²) in [6.07, 6.45) is 1.99. The first-order valence-electron chi connectivity index (χ1n) is 10.5. The Hall–Kier alpha value is -3.42. The number of hydrogen-bond acceptors (Lipinski definition) is 5. The molecule has 0 radical (unpaired) electrons. The number of amides is 1. The highest BCUT2D eigenvalue weighted by atomic mass is 35.5. The van der Waals surface area contributed by atoms with Gasteiger partial charge in [0.1, 0.15) is 0 Å². The fraction of sp³-hybridized carbons (Fsp3) is 0.240. The Bertz CT molecular complexity index is 1220. The number of aryl methyl sites for hydroxylation is 2. The van der Waals surface area contributed by atoms with Gasteiger partial charge in [-0.15, -0.1) is 0 Å². The minimum atomic E-state index is -0.266. The zero-order valence-corrected chi connectivity index (χ0v) is 19.2. The molecule has 1 amide bonds. The fourth-order valence-corrected chi connectivity index (χ4v) is 3.98. The van der Waals surface area contributed by atoms with Crippen molar-refractivity contribution in [3.05, 3.63) is 104 Å². The van der Waals surface area contributed by atoms with E-state index in [2.05, 4.69) is 10.5 Å². The second-order valence-electron chi connectivity index (χ2n) is 7.77. The highest BCUT2D eigenvalue weighted by molar-refractivity contribution is 6.30. The number of hydrogen-bond donors (Lipinski definition) is 3. The molecule has 1 atom stereocenters. The molecule has 0 spiro atoms. The van der Waals surface area contributed by atoms with Crippen LogP contribution in [0.3, 0.4) is 0 Å². The number of carbonyl (C=O) groups is 1. The normalized spacial score (nSPS) is 12.4. The molecule has 0 aliphatic heterocycles. The number of aliphatic hydroxyl groups excluding tert-OH is 1. The van der Waals surface area contributed by atoms with Crippen molar-refractivity contribution in [2.45, 2.75) is 19.3 Å². The summed E-state index contributed by atoms with van der Waals surface area (Å²) in [6.45, 7) is 2.02. The van der Waals surface area contributed by atoms with Crippen molar-refractivity contribution >= 4 is 23.2 Å². The van der Waals surface area contributed by atoms with E-state index < -0.39 is 0 Å². The summed E-state index contributed by atoms with van der Waals surface area (Å²) in [4.78, 5) is 24.0. The summed E-state index contributed by atoms with van der Waals surface area (Å²) < 4.78 is 1.43. The average molecular weight is 468 g/mol. The van der Waals surface area contributed by atoms with Crippen molar-refractivity contribution in [3.63, 3.8) is 0 Å². The number of halogens is 1. The van der Waals surface area contributed by atoms with Crippen LogP contribution in [0.2, 0.25) is 5.02 Å². The molecule has 0 bridgehead atoms. The number of nitrogens with zero attached hydrogens (tertiary/aromatic N) is 2. The Morgan fingerprint density at radius 3 is 2.42 bits per heavy atom. The molecular weight excluding hydrogens is 442 g/mol. The fourth-order valence-electron chi connectivity index (χ4n) is 3.75. The van der Waals surface area contributed by atoms with E-state index in [0.29, 0.717) is 28.3 Å². The number of nitrogens with one attached hydrogen (secondary N) is 1. The summed E-state index contributed by atoms with van der Waals surface area (Å²) in [5.74, 6) is -0.461. The lowest BCUT2D eigenvalue weighted by Crippen LogP contribution is -2.26. The van der Waals surface area contributed by atoms with E-state index in [-0.39, 0.29) is 30.5 Å². The van der Waals surface area contributed by atoms with Crippen LogP contribution in [0.15, 0.2) is 70.7 Å². The second kappa shape index (κ2) is 10.9. The minimum Gasteiger partial charge on any atom is -0.411 e. The van der Waals surface area contributed by atoms with Crippen molar-refractivity contribution in [1.82, 2.24) is 9.88 Å². The number of aromatic nitrogens is 1. The highest BCUT2D eigenvalue weighted by Crippen LogP contribution is 2.33. The van der Waals surface area contributed by atoms with Crippen LogP contribution >= 0.6 is 11.6 Å². The Kier molecular flexibility index (Phi) is 8.03.